The van der Waals surface area contributed by atoms with Crippen molar-refractivity contribution in [2.45, 2.75) is 32.7 Å². The summed E-state index contributed by atoms with van der Waals surface area (Å²) in [5.74, 6) is 0.704. The van der Waals surface area contributed by atoms with Crippen molar-refractivity contribution in [2.75, 3.05) is 6.54 Å². The van der Waals surface area contributed by atoms with Crippen LogP contribution in [0.3, 0.4) is 0 Å². The topological polar surface area (TPSA) is 29.9 Å². The van der Waals surface area contributed by atoms with E-state index in [1.807, 2.05) is 17.7 Å². The average Bonchev–Trinajstić information content (AvgIpc) is 2.64. The molecule has 1 aromatic heterocycles. The van der Waals surface area contributed by atoms with Crippen molar-refractivity contribution in [3.63, 3.8) is 0 Å². The van der Waals surface area contributed by atoms with Gasteiger partial charge in [-0.15, -0.1) is 0 Å². The van der Waals surface area contributed by atoms with Gasteiger partial charge in [0.2, 0.25) is 0 Å². The zero-order chi connectivity index (χ0) is 13.1. The van der Waals surface area contributed by atoms with Crippen LogP contribution in [0.5, 0.6) is 0 Å². The van der Waals surface area contributed by atoms with E-state index in [0.717, 1.165) is 30.7 Å². The molecule has 0 radical (unpaired) electrons. The zero-order valence-corrected chi connectivity index (χ0v) is 11.2. The van der Waals surface area contributed by atoms with Crippen LogP contribution in [0.1, 0.15) is 26.1 Å². The van der Waals surface area contributed by atoms with Crippen LogP contribution in [0.25, 0.3) is 11.0 Å². The third kappa shape index (κ3) is 2.70. The Balaban J connectivity index is 2.09. The number of benzene rings is 1. The van der Waals surface area contributed by atoms with Crippen LogP contribution >= 0.6 is 0 Å². The van der Waals surface area contributed by atoms with E-state index < -0.39 is 0 Å². The minimum Gasteiger partial charge on any atom is -0.331 e. The fraction of sp³-hybridized carbons (Fsp3) is 0.500. The van der Waals surface area contributed by atoms with E-state index in [0.29, 0.717) is 11.6 Å². The maximum atomic E-state index is 13.6. The second-order valence-corrected chi connectivity index (χ2v) is 4.91. The molecule has 1 aromatic carbocycles. The molecule has 4 heteroatoms. The van der Waals surface area contributed by atoms with Crippen molar-refractivity contribution in [3.05, 3.63) is 29.8 Å². The first kappa shape index (κ1) is 13.0. The van der Waals surface area contributed by atoms with Gasteiger partial charge in [-0.1, -0.05) is 19.9 Å². The largest absolute Gasteiger partial charge is 0.331 e. The smallest absolute Gasteiger partial charge is 0.151 e. The third-order valence-corrected chi connectivity index (χ3v) is 3.08. The molecule has 0 saturated heterocycles. The maximum Gasteiger partial charge on any atom is 0.151 e. The summed E-state index contributed by atoms with van der Waals surface area (Å²) >= 11 is 0. The van der Waals surface area contributed by atoms with Gasteiger partial charge < -0.3 is 9.88 Å². The number of para-hydroxylation sites is 1. The summed E-state index contributed by atoms with van der Waals surface area (Å²) in [5.41, 5.74) is 1.34. The molecule has 0 atom stereocenters. The summed E-state index contributed by atoms with van der Waals surface area (Å²) in [5, 5.41) is 3.37. The molecule has 1 N–H and O–H groups in total. The molecule has 1 heterocycles. The van der Waals surface area contributed by atoms with Crippen molar-refractivity contribution in [1.82, 2.24) is 14.9 Å². The van der Waals surface area contributed by atoms with Gasteiger partial charge in [0.25, 0.3) is 0 Å². The number of nitrogens with one attached hydrogen (secondary N) is 1. The highest BCUT2D eigenvalue weighted by molar-refractivity contribution is 5.76. The van der Waals surface area contributed by atoms with Crippen LogP contribution in [0.15, 0.2) is 18.2 Å². The SMILES string of the molecule is CC(C)NCCCc1nc2c(F)cccc2n1C. The quantitative estimate of drug-likeness (QED) is 0.826. The normalized spacial score (nSPS) is 11.6. The van der Waals surface area contributed by atoms with Crippen LogP contribution in [-0.2, 0) is 13.5 Å². The molecule has 0 fully saturated rings. The molecule has 98 valence electrons. The molecular weight excluding hydrogens is 229 g/mol. The Hall–Kier alpha value is -1.42. The van der Waals surface area contributed by atoms with E-state index in [1.54, 1.807) is 6.07 Å². The van der Waals surface area contributed by atoms with E-state index in [-0.39, 0.29) is 5.82 Å². The Morgan fingerprint density at radius 2 is 2.17 bits per heavy atom. The average molecular weight is 249 g/mol. The fourth-order valence-electron chi connectivity index (χ4n) is 2.09. The number of halogens is 1. The van der Waals surface area contributed by atoms with E-state index >= 15 is 0 Å². The van der Waals surface area contributed by atoms with Gasteiger partial charge in [0.15, 0.2) is 5.82 Å². The van der Waals surface area contributed by atoms with Crippen LogP contribution in [0.2, 0.25) is 0 Å². The lowest BCUT2D eigenvalue weighted by molar-refractivity contribution is 0.563. The van der Waals surface area contributed by atoms with Crippen molar-refractivity contribution < 1.29 is 4.39 Å². The Labute approximate surface area is 107 Å². The minimum absolute atomic E-state index is 0.241. The predicted octanol–water partition coefficient (Wildman–Crippen LogP) is 2.64. The lowest BCUT2D eigenvalue weighted by Gasteiger charge is -2.07. The molecule has 0 aliphatic rings. The number of fused-ring (bicyclic) bond motifs is 1. The number of nitrogens with zero attached hydrogens (tertiary/aromatic N) is 2. The molecule has 2 aromatic rings. The van der Waals surface area contributed by atoms with E-state index in [9.17, 15) is 4.39 Å². The Morgan fingerprint density at radius 1 is 1.39 bits per heavy atom. The molecule has 0 saturated carbocycles. The third-order valence-electron chi connectivity index (χ3n) is 3.08. The standard InChI is InChI=1S/C14H20FN3/c1-10(2)16-9-5-8-13-17-14-11(15)6-4-7-12(14)18(13)3/h4,6-7,10,16H,5,8-9H2,1-3H3. The molecule has 18 heavy (non-hydrogen) atoms. The monoisotopic (exact) mass is 249 g/mol. The van der Waals surface area contributed by atoms with Gasteiger partial charge in [-0.2, -0.15) is 0 Å². The predicted molar refractivity (Wildman–Crippen MR) is 72.1 cm³/mol. The molecule has 2 rings (SSSR count). The highest BCUT2D eigenvalue weighted by Gasteiger charge is 2.10. The lowest BCUT2D eigenvalue weighted by Crippen LogP contribution is -2.24. The summed E-state index contributed by atoms with van der Waals surface area (Å²) in [7, 11) is 1.94. The Morgan fingerprint density at radius 3 is 2.83 bits per heavy atom. The van der Waals surface area contributed by atoms with Crippen LogP contribution in [0.4, 0.5) is 4.39 Å². The van der Waals surface area contributed by atoms with Gasteiger partial charge in [0.05, 0.1) is 5.52 Å². The summed E-state index contributed by atoms with van der Waals surface area (Å²) in [6.45, 7) is 5.22. The Kier molecular flexibility index (Phi) is 3.97. The van der Waals surface area contributed by atoms with Crippen molar-refractivity contribution in [1.29, 1.82) is 0 Å². The fourth-order valence-corrected chi connectivity index (χ4v) is 2.09. The van der Waals surface area contributed by atoms with Gasteiger partial charge >= 0.3 is 0 Å². The molecule has 0 amide bonds. The zero-order valence-electron chi connectivity index (χ0n) is 11.2. The van der Waals surface area contributed by atoms with E-state index in [2.05, 4.69) is 24.1 Å². The molecule has 0 aliphatic carbocycles. The summed E-state index contributed by atoms with van der Waals surface area (Å²) in [4.78, 5) is 4.39. The summed E-state index contributed by atoms with van der Waals surface area (Å²) in [6.07, 6.45) is 1.88. The Bertz CT molecular complexity index is 531. The first-order valence-electron chi connectivity index (χ1n) is 6.43. The van der Waals surface area contributed by atoms with E-state index in [1.165, 1.54) is 6.07 Å². The van der Waals surface area contributed by atoms with Crippen LogP contribution in [-0.4, -0.2) is 22.1 Å². The molecule has 3 nitrogen and oxygen atoms in total. The van der Waals surface area contributed by atoms with Crippen molar-refractivity contribution in [2.24, 2.45) is 7.05 Å². The lowest BCUT2D eigenvalue weighted by atomic mass is 10.3. The number of hydrogen-bond acceptors (Lipinski definition) is 2. The number of imidazole rings is 1. The van der Waals surface area contributed by atoms with Crippen molar-refractivity contribution in [3.8, 4) is 0 Å². The number of rotatable bonds is 5. The molecular formula is C14H20FN3. The highest BCUT2D eigenvalue weighted by atomic mass is 19.1. The summed E-state index contributed by atoms with van der Waals surface area (Å²) in [6, 6.07) is 5.59. The minimum atomic E-state index is -0.241. The van der Waals surface area contributed by atoms with Gasteiger partial charge in [-0.05, 0) is 25.1 Å². The van der Waals surface area contributed by atoms with Gasteiger partial charge in [-0.3, -0.25) is 0 Å². The van der Waals surface area contributed by atoms with Gasteiger partial charge in [-0.25, -0.2) is 9.37 Å². The summed E-state index contributed by atoms with van der Waals surface area (Å²) < 4.78 is 15.6. The van der Waals surface area contributed by atoms with Gasteiger partial charge in [0, 0.05) is 19.5 Å². The number of aryl methyl sites for hydroxylation is 2. The van der Waals surface area contributed by atoms with Crippen molar-refractivity contribution >= 4 is 11.0 Å². The molecule has 0 unspecified atom stereocenters. The first-order chi connectivity index (χ1) is 8.59. The van der Waals surface area contributed by atoms with Crippen LogP contribution in [0, 0.1) is 5.82 Å². The second kappa shape index (κ2) is 5.48. The number of hydrogen-bond donors (Lipinski definition) is 1. The molecule has 0 spiro atoms. The second-order valence-electron chi connectivity index (χ2n) is 4.91. The van der Waals surface area contributed by atoms with Crippen LogP contribution < -0.4 is 5.32 Å². The maximum absolute atomic E-state index is 13.6. The number of aromatic nitrogens is 2. The highest BCUT2D eigenvalue weighted by Crippen LogP contribution is 2.18. The van der Waals surface area contributed by atoms with Gasteiger partial charge in [0.1, 0.15) is 11.3 Å². The molecule has 0 bridgehead atoms. The van der Waals surface area contributed by atoms with E-state index in [4.69, 9.17) is 0 Å². The first-order valence-corrected chi connectivity index (χ1v) is 6.43. The molecule has 0 aliphatic heterocycles.